The second-order valence-corrected chi connectivity index (χ2v) is 7.39. The van der Waals surface area contributed by atoms with E-state index in [0.717, 1.165) is 23.4 Å². The van der Waals surface area contributed by atoms with Gasteiger partial charge in [0.1, 0.15) is 11.5 Å². The number of piperidine rings is 1. The van der Waals surface area contributed by atoms with Crippen molar-refractivity contribution in [2.75, 3.05) is 19.7 Å². The van der Waals surface area contributed by atoms with Crippen molar-refractivity contribution in [1.82, 2.24) is 14.9 Å². The van der Waals surface area contributed by atoms with Gasteiger partial charge in [-0.3, -0.25) is 4.79 Å². The summed E-state index contributed by atoms with van der Waals surface area (Å²) >= 11 is 1.24. The molecule has 0 radical (unpaired) electrons. The average Bonchev–Trinajstić information content (AvgIpc) is 2.77. The molecule has 0 atom stereocenters. The zero-order chi connectivity index (χ0) is 21.2. The van der Waals surface area contributed by atoms with Gasteiger partial charge in [-0.1, -0.05) is 37.2 Å². The van der Waals surface area contributed by atoms with E-state index in [2.05, 4.69) is 15.1 Å². The second kappa shape index (κ2) is 11.5. The molecule has 1 aliphatic rings. The molecule has 2 heterocycles. The van der Waals surface area contributed by atoms with E-state index in [4.69, 9.17) is 5.21 Å². The minimum absolute atomic E-state index is 0.0479. The van der Waals surface area contributed by atoms with Gasteiger partial charge in [-0.25, -0.2) is 9.97 Å². The summed E-state index contributed by atoms with van der Waals surface area (Å²) in [6.45, 7) is 6.69. The minimum Gasteiger partial charge on any atom is -0.411 e. The Balaban J connectivity index is 0.00000145. The van der Waals surface area contributed by atoms with Crippen molar-refractivity contribution in [2.45, 2.75) is 44.4 Å². The molecule has 1 fully saturated rings. The summed E-state index contributed by atoms with van der Waals surface area (Å²) in [6.07, 6.45) is 3.11. The number of thioether (sulfide) groups is 1. The Bertz CT molecular complexity index is 822. The normalized spacial score (nSPS) is 14.9. The van der Waals surface area contributed by atoms with Gasteiger partial charge in [-0.2, -0.15) is 0 Å². The lowest BCUT2D eigenvalue weighted by Crippen LogP contribution is -2.36. The molecule has 1 aromatic heterocycles. The van der Waals surface area contributed by atoms with Crippen LogP contribution in [0.4, 0.5) is 4.79 Å². The predicted molar refractivity (Wildman–Crippen MR) is 115 cm³/mol. The number of amides is 1. The van der Waals surface area contributed by atoms with Crippen LogP contribution in [0.25, 0.3) is 0 Å². The smallest absolute Gasteiger partial charge is 0.286 e. The van der Waals surface area contributed by atoms with Crippen LogP contribution in [0, 0.1) is 6.92 Å². The largest absolute Gasteiger partial charge is 0.411 e. The van der Waals surface area contributed by atoms with Gasteiger partial charge in [-0.15, -0.1) is 0 Å². The van der Waals surface area contributed by atoms with Gasteiger partial charge in [0.2, 0.25) is 0 Å². The minimum atomic E-state index is -0.388. The van der Waals surface area contributed by atoms with Gasteiger partial charge in [0, 0.05) is 35.7 Å². The van der Waals surface area contributed by atoms with E-state index >= 15 is 0 Å². The van der Waals surface area contributed by atoms with Crippen molar-refractivity contribution in [1.29, 1.82) is 0 Å². The Morgan fingerprint density at radius 1 is 1.24 bits per heavy atom. The van der Waals surface area contributed by atoms with Gasteiger partial charge >= 0.3 is 0 Å². The van der Waals surface area contributed by atoms with E-state index in [0.29, 0.717) is 24.5 Å². The molecule has 1 saturated heterocycles. The van der Waals surface area contributed by atoms with E-state index in [1.807, 2.05) is 49.1 Å². The molecule has 1 aromatic carbocycles. The SMILES string of the molecule is CC.Cc1ncc(/C(CO)=N/O)c(C2CCN(C(=O)Sc3ccccc3)CC2)n1. The first-order valence-corrected chi connectivity index (χ1v) is 10.6. The van der Waals surface area contributed by atoms with Gasteiger partial charge in [0.15, 0.2) is 0 Å². The molecule has 0 saturated carbocycles. The number of benzene rings is 1. The second-order valence-electron chi connectivity index (χ2n) is 6.36. The van der Waals surface area contributed by atoms with Crippen molar-refractivity contribution < 1.29 is 15.1 Å². The molecule has 2 aromatic rings. The molecule has 156 valence electrons. The maximum atomic E-state index is 12.5. The summed E-state index contributed by atoms with van der Waals surface area (Å²) in [5.41, 5.74) is 1.49. The van der Waals surface area contributed by atoms with Crippen LogP contribution in [0.15, 0.2) is 46.6 Å². The van der Waals surface area contributed by atoms with Crippen LogP contribution in [-0.4, -0.2) is 55.8 Å². The van der Waals surface area contributed by atoms with Gasteiger partial charge < -0.3 is 15.2 Å². The number of likely N-dealkylation sites (tertiary alicyclic amines) is 1. The number of hydrogen-bond donors (Lipinski definition) is 2. The Morgan fingerprint density at radius 3 is 2.48 bits per heavy atom. The van der Waals surface area contributed by atoms with Crippen LogP contribution < -0.4 is 0 Å². The lowest BCUT2D eigenvalue weighted by Gasteiger charge is -2.32. The fourth-order valence-electron chi connectivity index (χ4n) is 3.18. The maximum Gasteiger partial charge on any atom is 0.286 e. The molecule has 0 unspecified atom stereocenters. The molecule has 1 amide bonds. The third-order valence-corrected chi connectivity index (χ3v) is 5.55. The fraction of sp³-hybridized carbons (Fsp3) is 0.429. The number of hydrogen-bond acceptors (Lipinski definition) is 7. The van der Waals surface area contributed by atoms with Gasteiger partial charge in [0.05, 0.1) is 12.3 Å². The topological polar surface area (TPSA) is 98.9 Å². The van der Waals surface area contributed by atoms with Crippen molar-refractivity contribution in [3.05, 3.63) is 53.6 Å². The summed E-state index contributed by atoms with van der Waals surface area (Å²) in [5.74, 6) is 0.748. The highest BCUT2D eigenvalue weighted by atomic mass is 32.2. The first kappa shape index (κ1) is 22.8. The maximum absolute atomic E-state index is 12.5. The first-order chi connectivity index (χ1) is 14.1. The van der Waals surface area contributed by atoms with Crippen LogP contribution in [0.5, 0.6) is 0 Å². The standard InChI is InChI=1S/C19H22N4O3S.C2H6/c1-13-20-11-16(17(12-24)22-26)18(21-13)14-7-9-23(10-8-14)19(25)27-15-5-3-2-4-6-15;1-2/h2-6,11,14,24,26H,7-10,12H2,1H3;1-2H3/b22-17+;. The molecule has 29 heavy (non-hydrogen) atoms. The number of oxime groups is 1. The Morgan fingerprint density at radius 2 is 1.90 bits per heavy atom. The molecule has 2 N–H and O–H groups in total. The summed E-state index contributed by atoms with van der Waals surface area (Å²) in [6, 6.07) is 9.62. The molecule has 0 aliphatic carbocycles. The summed E-state index contributed by atoms with van der Waals surface area (Å²) < 4.78 is 0. The molecular weight excluding hydrogens is 388 g/mol. The summed E-state index contributed by atoms with van der Waals surface area (Å²) in [4.78, 5) is 24.0. The summed E-state index contributed by atoms with van der Waals surface area (Å²) in [7, 11) is 0. The Kier molecular flexibility index (Phi) is 9.08. The van der Waals surface area contributed by atoms with Crippen LogP contribution >= 0.6 is 11.8 Å². The highest BCUT2D eigenvalue weighted by Crippen LogP contribution is 2.31. The van der Waals surface area contributed by atoms with Crippen molar-refractivity contribution in [3.63, 3.8) is 0 Å². The zero-order valence-electron chi connectivity index (χ0n) is 17.1. The average molecular weight is 417 g/mol. The fourth-order valence-corrected chi connectivity index (χ4v) is 3.99. The van der Waals surface area contributed by atoms with Crippen LogP contribution in [0.1, 0.15) is 49.7 Å². The van der Waals surface area contributed by atoms with Crippen molar-refractivity contribution in [2.24, 2.45) is 5.16 Å². The van der Waals surface area contributed by atoms with Crippen molar-refractivity contribution in [3.8, 4) is 0 Å². The quantitative estimate of drug-likeness (QED) is 0.337. The van der Waals surface area contributed by atoms with Crippen LogP contribution in [0.2, 0.25) is 0 Å². The Labute approximate surface area is 175 Å². The van der Waals surface area contributed by atoms with E-state index < -0.39 is 0 Å². The number of aromatic nitrogens is 2. The monoisotopic (exact) mass is 416 g/mol. The zero-order valence-corrected chi connectivity index (χ0v) is 17.9. The molecule has 8 heteroatoms. The van der Waals surface area contributed by atoms with E-state index in [1.54, 1.807) is 13.1 Å². The number of rotatable bonds is 4. The van der Waals surface area contributed by atoms with E-state index in [1.165, 1.54) is 11.8 Å². The number of carbonyl (C=O) groups is 1. The highest BCUT2D eigenvalue weighted by molar-refractivity contribution is 8.13. The lowest BCUT2D eigenvalue weighted by atomic mass is 9.90. The van der Waals surface area contributed by atoms with Gasteiger partial charge in [-0.05, 0) is 43.7 Å². The molecule has 3 rings (SSSR count). The van der Waals surface area contributed by atoms with Crippen molar-refractivity contribution >= 4 is 22.7 Å². The number of carbonyl (C=O) groups excluding carboxylic acids is 1. The molecule has 0 bridgehead atoms. The molecule has 1 aliphatic heterocycles. The van der Waals surface area contributed by atoms with Crippen LogP contribution in [-0.2, 0) is 0 Å². The van der Waals surface area contributed by atoms with E-state index in [9.17, 15) is 9.90 Å². The number of aliphatic hydroxyl groups is 1. The lowest BCUT2D eigenvalue weighted by molar-refractivity contribution is 0.205. The predicted octanol–water partition coefficient (Wildman–Crippen LogP) is 4.07. The third-order valence-electron chi connectivity index (χ3n) is 4.61. The Hall–Kier alpha value is -2.45. The third kappa shape index (κ3) is 6.01. The molecular formula is C21H28N4O3S. The van der Waals surface area contributed by atoms with Crippen LogP contribution in [0.3, 0.4) is 0 Å². The summed E-state index contributed by atoms with van der Waals surface area (Å²) in [5, 5.41) is 21.8. The number of aliphatic hydroxyl groups excluding tert-OH is 1. The number of aryl methyl sites for hydroxylation is 1. The highest BCUT2D eigenvalue weighted by Gasteiger charge is 2.28. The van der Waals surface area contributed by atoms with Gasteiger partial charge in [0.25, 0.3) is 5.24 Å². The molecule has 0 spiro atoms. The first-order valence-electron chi connectivity index (χ1n) is 9.80. The molecule has 7 nitrogen and oxygen atoms in total. The number of nitrogens with zero attached hydrogens (tertiary/aromatic N) is 4. The van der Waals surface area contributed by atoms with E-state index in [-0.39, 0.29) is 23.5 Å².